The number of sulfonamides is 1. The Hall–Kier alpha value is -1.77. The van der Waals surface area contributed by atoms with Crippen LogP contribution < -0.4 is 4.72 Å². The van der Waals surface area contributed by atoms with Gasteiger partial charge in [-0.3, -0.25) is 4.98 Å². The van der Waals surface area contributed by atoms with Crippen LogP contribution in [0.1, 0.15) is 20.2 Å². The summed E-state index contributed by atoms with van der Waals surface area (Å²) in [5.74, 6) is -0.405. The summed E-state index contributed by atoms with van der Waals surface area (Å²) in [6, 6.07) is 8.88. The molecule has 0 aliphatic carbocycles. The van der Waals surface area contributed by atoms with Gasteiger partial charge in [0.2, 0.25) is 10.0 Å². The van der Waals surface area contributed by atoms with Crippen molar-refractivity contribution in [1.82, 2.24) is 9.71 Å². The van der Waals surface area contributed by atoms with Crippen LogP contribution in [0, 0.1) is 0 Å². The number of nitrogens with one attached hydrogen (secondary N) is 1. The van der Waals surface area contributed by atoms with Crippen molar-refractivity contribution in [3.05, 3.63) is 52.0 Å². The summed E-state index contributed by atoms with van der Waals surface area (Å²) in [5.41, 5.74) is 0.685. The van der Waals surface area contributed by atoms with E-state index in [4.69, 9.17) is 4.74 Å². The van der Waals surface area contributed by atoms with E-state index in [0.29, 0.717) is 23.5 Å². The number of hydrogen-bond donors (Lipinski definition) is 1. The average molecular weight is 340 g/mol. The quantitative estimate of drug-likeness (QED) is 0.774. The summed E-state index contributed by atoms with van der Waals surface area (Å²) in [4.78, 5) is 17.4. The van der Waals surface area contributed by atoms with Crippen LogP contribution in [0.25, 0.3) is 0 Å². The van der Waals surface area contributed by atoms with Crippen LogP contribution in [-0.4, -0.2) is 32.2 Å². The molecule has 0 spiro atoms. The molecule has 0 aliphatic rings. The molecule has 0 amide bonds. The molecular weight excluding hydrogens is 324 g/mol. The van der Waals surface area contributed by atoms with E-state index < -0.39 is 16.0 Å². The predicted molar refractivity (Wildman–Crippen MR) is 84.2 cm³/mol. The summed E-state index contributed by atoms with van der Waals surface area (Å²) in [6.07, 6.45) is 3.29. The third kappa shape index (κ3) is 5.55. The van der Waals surface area contributed by atoms with Crippen LogP contribution in [0.3, 0.4) is 0 Å². The molecule has 0 radical (unpaired) electrons. The second kappa shape index (κ2) is 7.48. The Labute approximate surface area is 133 Å². The first-order chi connectivity index (χ1) is 10.4. The first-order valence-corrected chi connectivity index (χ1v) is 9.25. The fraction of sp³-hybridized carbons (Fsp3) is 0.286. The van der Waals surface area contributed by atoms with Crippen molar-refractivity contribution < 1.29 is 17.9 Å². The molecule has 0 aliphatic heterocycles. The van der Waals surface area contributed by atoms with E-state index in [0.717, 1.165) is 11.1 Å². The van der Waals surface area contributed by atoms with Crippen molar-refractivity contribution >= 4 is 27.3 Å². The van der Waals surface area contributed by atoms with Gasteiger partial charge in [0.05, 0.1) is 11.9 Å². The molecule has 0 aromatic carbocycles. The molecule has 8 heteroatoms. The van der Waals surface area contributed by atoms with Gasteiger partial charge in [0.1, 0.15) is 11.5 Å². The van der Waals surface area contributed by atoms with Gasteiger partial charge >= 0.3 is 5.97 Å². The molecule has 0 saturated carbocycles. The number of ether oxygens (including phenoxy) is 1. The second-order valence-electron chi connectivity index (χ2n) is 4.58. The van der Waals surface area contributed by atoms with Crippen molar-refractivity contribution in [2.45, 2.75) is 13.0 Å². The van der Waals surface area contributed by atoms with Gasteiger partial charge in [-0.15, -0.1) is 11.3 Å². The SMILES string of the molecule is CS(=O)(=O)NCCc1ccc(C(=O)OCc2ccccn2)s1. The molecule has 22 heavy (non-hydrogen) atoms. The molecule has 2 rings (SSSR count). The minimum absolute atomic E-state index is 0.128. The van der Waals surface area contributed by atoms with Crippen LogP contribution in [0.15, 0.2) is 36.5 Å². The highest BCUT2D eigenvalue weighted by Crippen LogP contribution is 2.18. The van der Waals surface area contributed by atoms with Crippen LogP contribution in [0.5, 0.6) is 0 Å². The topological polar surface area (TPSA) is 85.4 Å². The van der Waals surface area contributed by atoms with E-state index in [9.17, 15) is 13.2 Å². The molecule has 2 aromatic rings. The number of pyridine rings is 1. The first kappa shape index (κ1) is 16.6. The molecule has 0 saturated heterocycles. The maximum absolute atomic E-state index is 11.9. The summed E-state index contributed by atoms with van der Waals surface area (Å²) < 4.78 is 29.5. The van der Waals surface area contributed by atoms with Gasteiger partial charge in [0, 0.05) is 17.6 Å². The van der Waals surface area contributed by atoms with Crippen molar-refractivity contribution in [1.29, 1.82) is 0 Å². The third-order valence-electron chi connectivity index (χ3n) is 2.68. The molecule has 0 atom stereocenters. The number of aromatic nitrogens is 1. The zero-order valence-corrected chi connectivity index (χ0v) is 13.6. The van der Waals surface area contributed by atoms with Gasteiger partial charge in [-0.05, 0) is 30.7 Å². The molecule has 6 nitrogen and oxygen atoms in total. The fourth-order valence-electron chi connectivity index (χ4n) is 1.68. The Bertz CT molecular complexity index is 726. The van der Waals surface area contributed by atoms with Gasteiger partial charge < -0.3 is 4.74 Å². The molecule has 118 valence electrons. The zero-order valence-electron chi connectivity index (χ0n) is 12.0. The largest absolute Gasteiger partial charge is 0.455 e. The summed E-state index contributed by atoms with van der Waals surface area (Å²) in [5, 5.41) is 0. The van der Waals surface area contributed by atoms with Crippen LogP contribution in [0.2, 0.25) is 0 Å². The first-order valence-electron chi connectivity index (χ1n) is 6.54. The van der Waals surface area contributed by atoms with Crippen LogP contribution in [0.4, 0.5) is 0 Å². The number of esters is 1. The van der Waals surface area contributed by atoms with E-state index in [2.05, 4.69) is 9.71 Å². The minimum Gasteiger partial charge on any atom is -0.455 e. The molecule has 1 N–H and O–H groups in total. The fourth-order valence-corrected chi connectivity index (χ4v) is 3.05. The molecule has 2 aromatic heterocycles. The highest BCUT2D eigenvalue weighted by Gasteiger charge is 2.11. The monoisotopic (exact) mass is 340 g/mol. The molecule has 0 bridgehead atoms. The van der Waals surface area contributed by atoms with Gasteiger partial charge in [0.25, 0.3) is 0 Å². The Kier molecular flexibility index (Phi) is 5.64. The van der Waals surface area contributed by atoms with Crippen molar-refractivity contribution in [3.8, 4) is 0 Å². The number of carbonyl (C=O) groups is 1. The van der Waals surface area contributed by atoms with Gasteiger partial charge in [-0.1, -0.05) is 6.07 Å². The van der Waals surface area contributed by atoms with Crippen molar-refractivity contribution in [2.75, 3.05) is 12.8 Å². The summed E-state index contributed by atoms with van der Waals surface area (Å²) >= 11 is 1.30. The number of nitrogens with zero attached hydrogens (tertiary/aromatic N) is 1. The highest BCUT2D eigenvalue weighted by atomic mass is 32.2. The van der Waals surface area contributed by atoms with E-state index in [1.54, 1.807) is 30.5 Å². The van der Waals surface area contributed by atoms with Crippen LogP contribution in [-0.2, 0) is 27.8 Å². The molecular formula is C14H16N2O4S2. The second-order valence-corrected chi connectivity index (χ2v) is 7.58. The Morgan fingerprint density at radius 2 is 2.14 bits per heavy atom. The lowest BCUT2D eigenvalue weighted by atomic mass is 10.3. The lowest BCUT2D eigenvalue weighted by Gasteiger charge is -2.02. The third-order valence-corrected chi connectivity index (χ3v) is 4.53. The Morgan fingerprint density at radius 1 is 1.32 bits per heavy atom. The van der Waals surface area contributed by atoms with E-state index in [-0.39, 0.29) is 6.61 Å². The highest BCUT2D eigenvalue weighted by molar-refractivity contribution is 7.88. The van der Waals surface area contributed by atoms with E-state index >= 15 is 0 Å². The number of rotatable bonds is 7. The number of thiophene rings is 1. The summed E-state index contributed by atoms with van der Waals surface area (Å²) in [7, 11) is -3.19. The van der Waals surface area contributed by atoms with Crippen molar-refractivity contribution in [3.63, 3.8) is 0 Å². The molecule has 0 unspecified atom stereocenters. The van der Waals surface area contributed by atoms with Gasteiger partial charge in [-0.25, -0.2) is 17.9 Å². The molecule has 0 fully saturated rings. The maximum atomic E-state index is 11.9. The lowest BCUT2D eigenvalue weighted by molar-refractivity contribution is 0.0473. The maximum Gasteiger partial charge on any atom is 0.348 e. The smallest absolute Gasteiger partial charge is 0.348 e. The minimum atomic E-state index is -3.19. The molecule has 2 heterocycles. The van der Waals surface area contributed by atoms with E-state index in [1.807, 2.05) is 6.07 Å². The normalized spacial score (nSPS) is 11.3. The van der Waals surface area contributed by atoms with Crippen molar-refractivity contribution in [2.24, 2.45) is 0 Å². The van der Waals surface area contributed by atoms with E-state index in [1.165, 1.54) is 11.3 Å². The standard InChI is InChI=1S/C14H16N2O4S2/c1-22(18,19)16-9-7-12-5-6-13(21-12)14(17)20-10-11-4-2-3-8-15-11/h2-6,8,16H,7,9-10H2,1H3. The predicted octanol–water partition coefficient (Wildman–Crippen LogP) is 1.59. The summed E-state index contributed by atoms with van der Waals surface area (Å²) in [6.45, 7) is 0.435. The Morgan fingerprint density at radius 3 is 2.82 bits per heavy atom. The average Bonchev–Trinajstić information content (AvgIpc) is 2.93. The zero-order chi connectivity index (χ0) is 16.0. The Balaban J connectivity index is 1.84. The number of hydrogen-bond acceptors (Lipinski definition) is 6. The van der Waals surface area contributed by atoms with Crippen LogP contribution >= 0.6 is 11.3 Å². The van der Waals surface area contributed by atoms with Gasteiger partial charge in [0.15, 0.2) is 0 Å². The number of carbonyl (C=O) groups excluding carboxylic acids is 1. The van der Waals surface area contributed by atoms with Gasteiger partial charge in [-0.2, -0.15) is 0 Å². The lowest BCUT2D eigenvalue weighted by Crippen LogP contribution is -2.23.